The van der Waals surface area contributed by atoms with Gasteiger partial charge in [0.25, 0.3) is 47.3 Å². The van der Waals surface area contributed by atoms with Crippen molar-refractivity contribution in [2.45, 2.75) is 156 Å². The van der Waals surface area contributed by atoms with E-state index >= 15 is 0 Å². The number of nitrogens with one attached hydrogen (secondary N) is 3. The Morgan fingerprint density at radius 2 is 0.644 bits per heavy atom. The smallest absolute Gasteiger partial charge is 0.255 e. The number of halogens is 3. The summed E-state index contributed by atoms with van der Waals surface area (Å²) in [5, 5.41) is 7.67. The van der Waals surface area contributed by atoms with Gasteiger partial charge in [-0.3, -0.25) is 101 Å². The standard InChI is InChI=1S/2C17H19N3O4.C16H17N3O4.C14H15N3O3.C3H5ClO.C2H3ClO.ClH/c2*1-3-14(21)18-12-6-4-5-10-11(12)9-20(16(10)23)13-7-8-15(22)19(2)17(13)24;1-9(20)17-12-5-3-4-10-11(12)8-19(15(10)22)13-6-7-14(21)18(2)16(13)23;1-16-12(18)6-5-11(14(16)20)17-7-9-8(13(17)19)3-2-4-10(9)15;1-2-3(4)5;1-2(3)4;/h2*4-6,13H,3,7-9H2,1-2H3,(H,18,21);3-5,13H,6-8H2,1-2H3,(H,17,20);2-4,11H,5-7,15H2,1H3;2H2,1H3;1H3;1H. The van der Waals surface area contributed by atoms with Crippen molar-refractivity contribution in [3.63, 3.8) is 0 Å². The van der Waals surface area contributed by atoms with Gasteiger partial charge in [0, 0.05) is 180 Å². The maximum atomic E-state index is 12.7. The summed E-state index contributed by atoms with van der Waals surface area (Å²) in [7, 11) is 5.78. The highest BCUT2D eigenvalue weighted by Crippen LogP contribution is 2.37. The molecule has 0 aromatic heterocycles. The molecule has 0 saturated carbocycles. The lowest BCUT2D eigenvalue weighted by atomic mass is 10.0. The quantitative estimate of drug-likeness (QED) is 0.0833. The van der Waals surface area contributed by atoms with Crippen LogP contribution in [0.1, 0.15) is 169 Å². The molecule has 29 nitrogen and oxygen atoms in total. The number of nitrogens with zero attached hydrogens (tertiary/aromatic N) is 8. The number of likely N-dealkylation sites (N-methyl/N-ethyl adjacent to an activating group) is 4. The molecule has 0 bridgehead atoms. The highest BCUT2D eigenvalue weighted by Gasteiger charge is 2.46. The van der Waals surface area contributed by atoms with Gasteiger partial charge in [0.2, 0.25) is 51.8 Å². The van der Waals surface area contributed by atoms with Crippen LogP contribution in [0, 0.1) is 0 Å². The van der Waals surface area contributed by atoms with Gasteiger partial charge in [-0.2, -0.15) is 0 Å². The number of nitrogens with two attached hydrogens (primary N) is 1. The molecule has 32 heteroatoms. The summed E-state index contributed by atoms with van der Waals surface area (Å²) in [4.78, 5) is 210. The molecule has 538 valence electrons. The van der Waals surface area contributed by atoms with E-state index in [2.05, 4.69) is 27.6 Å². The van der Waals surface area contributed by atoms with Crippen molar-refractivity contribution in [3.8, 4) is 0 Å². The molecule has 4 fully saturated rings. The Balaban J connectivity index is 0.000000203. The fraction of sp³-hybridized carbons (Fsp3) is 0.406. The molecular weight excluding hydrogens is 1380 g/mol. The summed E-state index contributed by atoms with van der Waals surface area (Å²) in [5.74, 6) is -3.65. The third kappa shape index (κ3) is 18.0. The van der Waals surface area contributed by atoms with Gasteiger partial charge in [0.05, 0.1) is 0 Å². The monoisotopic (exact) mass is 1450 g/mol. The molecule has 4 aromatic carbocycles. The van der Waals surface area contributed by atoms with Gasteiger partial charge in [0.1, 0.15) is 24.2 Å². The van der Waals surface area contributed by atoms with E-state index in [-0.39, 0.29) is 157 Å². The average molecular weight is 1450 g/mol. The van der Waals surface area contributed by atoms with Gasteiger partial charge in [-0.05, 0) is 97.4 Å². The van der Waals surface area contributed by atoms with E-state index in [9.17, 15) is 81.5 Å². The molecule has 5 N–H and O–H groups in total. The van der Waals surface area contributed by atoms with Crippen LogP contribution in [0.5, 0.6) is 0 Å². The molecule has 4 atom stereocenters. The van der Waals surface area contributed by atoms with Crippen molar-refractivity contribution in [1.29, 1.82) is 0 Å². The molecule has 8 aliphatic heterocycles. The van der Waals surface area contributed by atoms with Gasteiger partial charge < -0.3 is 41.3 Å². The normalized spacial score (nSPS) is 19.5. The molecule has 8 aliphatic rings. The maximum absolute atomic E-state index is 12.7. The second-order valence-corrected chi connectivity index (χ2v) is 25.1. The molecule has 0 spiro atoms. The number of benzene rings is 4. The summed E-state index contributed by atoms with van der Waals surface area (Å²) in [6, 6.07) is 18.1. The minimum atomic E-state index is -0.637. The Labute approximate surface area is 598 Å². The Hall–Kier alpha value is -10.3. The second kappa shape index (κ2) is 34.7. The first-order valence-corrected chi connectivity index (χ1v) is 32.9. The average Bonchev–Trinajstić information content (AvgIpc) is 1.65. The number of rotatable bonds is 10. The number of carbonyl (C=O) groups excluding carboxylic acids is 17. The van der Waals surface area contributed by atoms with E-state index in [1.807, 2.05) is 0 Å². The van der Waals surface area contributed by atoms with Gasteiger partial charge in [0.15, 0.2) is 0 Å². The molecule has 4 unspecified atom stereocenters. The second-order valence-electron chi connectivity index (χ2n) is 24.1. The van der Waals surface area contributed by atoms with E-state index in [1.54, 1.807) is 93.6 Å². The lowest BCUT2D eigenvalue weighted by Crippen LogP contribution is -2.53. The summed E-state index contributed by atoms with van der Waals surface area (Å²) in [5.41, 5.74) is 13.2. The summed E-state index contributed by atoms with van der Waals surface area (Å²) in [6.45, 7) is 9.02. The fourth-order valence-electron chi connectivity index (χ4n) is 12.2. The minimum Gasteiger partial charge on any atom is -0.398 e. The van der Waals surface area contributed by atoms with Gasteiger partial charge >= 0.3 is 0 Å². The zero-order chi connectivity index (χ0) is 73.9. The highest BCUT2D eigenvalue weighted by molar-refractivity contribution is 6.63. The van der Waals surface area contributed by atoms with Crippen LogP contribution in [0.2, 0.25) is 0 Å². The number of imide groups is 4. The number of fused-ring (bicyclic) bond motifs is 4. The first kappa shape index (κ1) is 79.7. The largest absolute Gasteiger partial charge is 0.398 e. The predicted molar refractivity (Wildman–Crippen MR) is 370 cm³/mol. The Kier molecular flexibility index (Phi) is 27.4. The lowest BCUT2D eigenvalue weighted by Gasteiger charge is -2.33. The van der Waals surface area contributed by atoms with Crippen LogP contribution in [0.4, 0.5) is 22.7 Å². The summed E-state index contributed by atoms with van der Waals surface area (Å²) < 4.78 is 0. The number of anilines is 4. The van der Waals surface area contributed by atoms with Crippen molar-refractivity contribution in [3.05, 3.63) is 117 Å². The van der Waals surface area contributed by atoms with E-state index in [1.165, 1.54) is 61.6 Å². The molecule has 101 heavy (non-hydrogen) atoms. The molecule has 8 heterocycles. The first-order valence-electron chi connectivity index (χ1n) is 32.2. The zero-order valence-electron chi connectivity index (χ0n) is 57.1. The van der Waals surface area contributed by atoms with Crippen molar-refractivity contribution >= 4 is 157 Å². The Morgan fingerprint density at radius 1 is 0.406 bits per heavy atom. The highest BCUT2D eigenvalue weighted by atomic mass is 35.5. The number of likely N-dealkylation sites (tertiary alicyclic amines) is 4. The van der Waals surface area contributed by atoms with Gasteiger partial charge in [-0.15, -0.1) is 12.4 Å². The van der Waals surface area contributed by atoms with Crippen LogP contribution < -0.4 is 21.7 Å². The summed E-state index contributed by atoms with van der Waals surface area (Å²) >= 11 is 9.46. The maximum Gasteiger partial charge on any atom is 0.255 e. The number of nitrogen functional groups attached to an aromatic ring is 1. The van der Waals surface area contributed by atoms with Gasteiger partial charge in [-0.25, -0.2) is 0 Å². The van der Waals surface area contributed by atoms with Crippen molar-refractivity contribution in [1.82, 2.24) is 39.2 Å². The third-order valence-corrected chi connectivity index (χ3v) is 18.1. The molecule has 4 aromatic rings. The summed E-state index contributed by atoms with van der Waals surface area (Å²) in [6.07, 6.45) is 3.49. The van der Waals surface area contributed by atoms with Crippen LogP contribution in [0.25, 0.3) is 0 Å². The molecule has 0 aliphatic carbocycles. The first-order chi connectivity index (χ1) is 47.3. The van der Waals surface area contributed by atoms with Gasteiger partial charge in [-0.1, -0.05) is 45.0 Å². The third-order valence-electron chi connectivity index (χ3n) is 17.8. The van der Waals surface area contributed by atoms with Crippen LogP contribution in [0.15, 0.2) is 72.8 Å². The van der Waals surface area contributed by atoms with Crippen LogP contribution in [-0.2, 0) is 88.5 Å². The fourth-order valence-corrected chi connectivity index (χ4v) is 12.2. The number of hydrogen-bond donors (Lipinski definition) is 4. The van der Waals surface area contributed by atoms with Crippen molar-refractivity contribution in [2.24, 2.45) is 0 Å². The van der Waals surface area contributed by atoms with Crippen molar-refractivity contribution in [2.75, 3.05) is 49.9 Å². The molecule has 15 amide bonds. The Bertz CT molecular complexity index is 3940. The van der Waals surface area contributed by atoms with Crippen LogP contribution in [-0.4, -0.2) is 191 Å². The Morgan fingerprint density at radius 3 is 0.881 bits per heavy atom. The van der Waals surface area contributed by atoms with E-state index in [0.29, 0.717) is 102 Å². The number of piperidine rings is 4. The SMILES string of the molecule is CC(=O)Cl.CC(=O)Nc1cccc2c1CN(C1CCC(=O)N(C)C1=O)C2=O.CCC(=O)Cl.CCC(=O)Nc1cccc2c1CN(C1CCC(=O)N(C)C1=O)C2=O.CCC(=O)Nc1cccc2c1CN(C1CCC(=O)N(C)C1=O)C2=O.CN1C(=O)CCC(N2Cc3c(N)cccc3C2=O)C1=O.Cl. The molecule has 0 radical (unpaired) electrons. The number of amides is 15. The number of carbonyl (C=O) groups is 17. The van der Waals surface area contributed by atoms with E-state index in [0.717, 1.165) is 36.3 Å². The van der Waals surface area contributed by atoms with Crippen LogP contribution >= 0.6 is 35.6 Å². The molecule has 4 saturated heterocycles. The number of hydrogen-bond acceptors (Lipinski definition) is 18. The lowest BCUT2D eigenvalue weighted by molar-refractivity contribution is -0.151. The topological polar surface area (TPSA) is 378 Å². The zero-order valence-corrected chi connectivity index (χ0v) is 59.4. The van der Waals surface area contributed by atoms with E-state index < -0.39 is 24.2 Å². The molecule has 12 rings (SSSR count). The van der Waals surface area contributed by atoms with E-state index in [4.69, 9.17) is 17.3 Å². The van der Waals surface area contributed by atoms with Crippen molar-refractivity contribution < 1.29 is 81.5 Å². The van der Waals surface area contributed by atoms with Crippen LogP contribution in [0.3, 0.4) is 0 Å². The molecular formula is C69H79Cl3N12O17. The minimum absolute atomic E-state index is 0. The predicted octanol–water partition coefficient (Wildman–Crippen LogP) is 5.75.